The largest absolute Gasteiger partial charge is 0.338 e. The smallest absolute Gasteiger partial charge is 0.286 e. The Morgan fingerprint density at radius 3 is 2.53 bits per heavy atom. The van der Waals surface area contributed by atoms with Crippen LogP contribution in [0.25, 0.3) is 0 Å². The van der Waals surface area contributed by atoms with Gasteiger partial charge in [0.05, 0.1) is 5.69 Å². The fraction of sp³-hybridized carbons (Fsp3) is 0.222. The predicted molar refractivity (Wildman–Crippen MR) is 69.7 cm³/mol. The fourth-order valence-electron chi connectivity index (χ4n) is 1.41. The molecule has 1 aliphatic rings. The molecule has 0 aliphatic carbocycles. The van der Waals surface area contributed by atoms with E-state index in [0.29, 0.717) is 5.69 Å². The van der Waals surface area contributed by atoms with Gasteiger partial charge in [-0.15, -0.1) is 4.40 Å². The summed E-state index contributed by atoms with van der Waals surface area (Å²) in [6, 6.07) is 4.79. The first-order valence-electron chi connectivity index (χ1n) is 4.50. The third-order valence-electron chi connectivity index (χ3n) is 2.15. The average molecular weight is 314 g/mol. The second-order valence-electron chi connectivity index (χ2n) is 3.54. The number of amidine groups is 1. The van der Waals surface area contributed by atoms with E-state index in [0.717, 1.165) is 5.56 Å². The number of hydrogen-bond acceptors (Lipinski definition) is 3. The van der Waals surface area contributed by atoms with Crippen molar-refractivity contribution in [3.05, 3.63) is 23.8 Å². The minimum absolute atomic E-state index is 0.0705. The van der Waals surface area contributed by atoms with Crippen LogP contribution in [0.1, 0.15) is 5.56 Å². The molecule has 0 saturated heterocycles. The zero-order valence-corrected chi connectivity index (χ0v) is 11.6. The number of fused-ring (bicyclic) bond motifs is 1. The number of rotatable bonds is 0. The van der Waals surface area contributed by atoms with Gasteiger partial charge in [-0.3, -0.25) is 0 Å². The van der Waals surface area contributed by atoms with E-state index in [2.05, 4.69) is 9.71 Å². The molecule has 1 aromatic carbocycles. The summed E-state index contributed by atoms with van der Waals surface area (Å²) in [5.74, 6) is -0.222. The van der Waals surface area contributed by atoms with Gasteiger partial charge >= 0.3 is 0 Å². The summed E-state index contributed by atoms with van der Waals surface area (Å²) in [5.41, 5.74) is 1.25. The highest BCUT2D eigenvalue weighted by Crippen LogP contribution is 2.35. The van der Waals surface area contributed by atoms with Gasteiger partial charge in [-0.25, -0.2) is 0 Å². The van der Waals surface area contributed by atoms with Crippen molar-refractivity contribution in [2.45, 2.75) is 15.6 Å². The number of nitrogens with zero attached hydrogens (tertiary/aromatic N) is 1. The topological polar surface area (TPSA) is 58.5 Å². The van der Waals surface area contributed by atoms with Gasteiger partial charge in [-0.1, -0.05) is 40.9 Å². The van der Waals surface area contributed by atoms with Crippen molar-refractivity contribution in [1.82, 2.24) is 0 Å². The van der Waals surface area contributed by atoms with Crippen LogP contribution in [0.3, 0.4) is 0 Å². The van der Waals surface area contributed by atoms with Crippen LogP contribution in [0, 0.1) is 6.92 Å². The molecule has 0 radical (unpaired) electrons. The van der Waals surface area contributed by atoms with Crippen molar-refractivity contribution < 1.29 is 8.42 Å². The molecule has 17 heavy (non-hydrogen) atoms. The number of halogens is 3. The summed E-state index contributed by atoms with van der Waals surface area (Å²) < 4.78 is 25.2. The number of hydrogen-bond donors (Lipinski definition) is 1. The number of alkyl halides is 3. The molecule has 0 bridgehead atoms. The second-order valence-corrected chi connectivity index (χ2v) is 7.39. The minimum atomic E-state index is -3.82. The molecule has 1 aromatic rings. The van der Waals surface area contributed by atoms with E-state index < -0.39 is 13.8 Å². The minimum Gasteiger partial charge on any atom is -0.338 e. The average Bonchev–Trinajstić information content (AvgIpc) is 2.13. The van der Waals surface area contributed by atoms with E-state index in [1.807, 2.05) is 6.92 Å². The first-order valence-corrected chi connectivity index (χ1v) is 7.07. The lowest BCUT2D eigenvalue weighted by Gasteiger charge is -2.22. The molecule has 0 fully saturated rings. The molecule has 0 spiro atoms. The van der Waals surface area contributed by atoms with Gasteiger partial charge in [0.2, 0.25) is 3.79 Å². The van der Waals surface area contributed by atoms with Crippen LogP contribution in [-0.4, -0.2) is 18.0 Å². The Labute approximate surface area is 114 Å². The molecular weight excluding hydrogens is 307 g/mol. The van der Waals surface area contributed by atoms with Crippen LogP contribution in [0.4, 0.5) is 5.69 Å². The van der Waals surface area contributed by atoms with Gasteiger partial charge in [0.1, 0.15) is 4.90 Å². The third kappa shape index (κ3) is 2.52. The summed E-state index contributed by atoms with van der Waals surface area (Å²) in [4.78, 5) is 0.0705. The van der Waals surface area contributed by atoms with E-state index >= 15 is 0 Å². The summed E-state index contributed by atoms with van der Waals surface area (Å²) in [6.07, 6.45) is 0. The molecule has 2 rings (SSSR count). The van der Waals surface area contributed by atoms with E-state index in [4.69, 9.17) is 34.8 Å². The number of anilines is 1. The van der Waals surface area contributed by atoms with Crippen molar-refractivity contribution in [2.24, 2.45) is 4.40 Å². The van der Waals surface area contributed by atoms with Crippen molar-refractivity contribution >= 4 is 56.3 Å². The van der Waals surface area contributed by atoms with Crippen molar-refractivity contribution in [1.29, 1.82) is 0 Å². The molecule has 1 N–H and O–H groups in total. The Balaban J connectivity index is 2.63. The van der Waals surface area contributed by atoms with Crippen LogP contribution in [0.15, 0.2) is 27.5 Å². The van der Waals surface area contributed by atoms with Crippen molar-refractivity contribution in [2.75, 3.05) is 5.32 Å². The molecule has 0 unspecified atom stereocenters. The standard InChI is InChI=1S/C9H7Cl3N2O2S/c1-5-2-3-7-6(4-5)13-8(9(10,11)12)14-17(7,15)16/h2-4H,1H3,(H,13,14). The number of benzene rings is 1. The Morgan fingerprint density at radius 1 is 1.29 bits per heavy atom. The lowest BCUT2D eigenvalue weighted by atomic mass is 10.2. The molecule has 0 aromatic heterocycles. The first kappa shape index (κ1) is 13.0. The maximum Gasteiger partial charge on any atom is 0.286 e. The van der Waals surface area contributed by atoms with Gasteiger partial charge < -0.3 is 5.32 Å². The SMILES string of the molecule is Cc1ccc2c(c1)NC(C(Cl)(Cl)Cl)=NS2(=O)=O. The fourth-order valence-corrected chi connectivity index (χ4v) is 2.98. The maximum absolute atomic E-state index is 11.8. The zero-order chi connectivity index (χ0) is 12.8. The first-order chi connectivity index (χ1) is 7.70. The second kappa shape index (κ2) is 4.02. The number of sulfonamides is 1. The Hall–Kier alpha value is -0.490. The van der Waals surface area contributed by atoms with Crippen molar-refractivity contribution in [3.63, 3.8) is 0 Å². The van der Waals surface area contributed by atoms with Gasteiger partial charge in [0.25, 0.3) is 10.0 Å². The normalized spacial score (nSPS) is 18.0. The number of aryl methyl sites for hydroxylation is 1. The summed E-state index contributed by atoms with van der Waals surface area (Å²) in [7, 11) is -3.82. The molecule has 0 atom stereocenters. The van der Waals surface area contributed by atoms with E-state index in [1.165, 1.54) is 6.07 Å². The van der Waals surface area contributed by atoms with Crippen LogP contribution in [0.5, 0.6) is 0 Å². The maximum atomic E-state index is 11.8. The lowest BCUT2D eigenvalue weighted by Crippen LogP contribution is -2.32. The van der Waals surface area contributed by atoms with Crippen LogP contribution in [-0.2, 0) is 10.0 Å². The molecule has 92 valence electrons. The highest BCUT2D eigenvalue weighted by molar-refractivity contribution is 7.90. The van der Waals surface area contributed by atoms with E-state index in [9.17, 15) is 8.42 Å². The van der Waals surface area contributed by atoms with Gasteiger partial charge in [0, 0.05) is 0 Å². The molecule has 1 heterocycles. The quantitative estimate of drug-likeness (QED) is 0.749. The van der Waals surface area contributed by atoms with Crippen LogP contribution < -0.4 is 5.32 Å². The summed E-state index contributed by atoms with van der Waals surface area (Å²) >= 11 is 16.9. The monoisotopic (exact) mass is 312 g/mol. The lowest BCUT2D eigenvalue weighted by molar-refractivity contribution is 0.597. The summed E-state index contributed by atoms with van der Waals surface area (Å²) in [5, 5.41) is 2.71. The Morgan fingerprint density at radius 2 is 1.94 bits per heavy atom. The van der Waals surface area contributed by atoms with E-state index in [1.54, 1.807) is 12.1 Å². The Bertz CT molecular complexity index is 605. The van der Waals surface area contributed by atoms with Gasteiger partial charge in [0.15, 0.2) is 5.84 Å². The van der Waals surface area contributed by atoms with Crippen LogP contribution >= 0.6 is 34.8 Å². The predicted octanol–water partition coefficient (Wildman–Crippen LogP) is 2.88. The number of nitrogens with one attached hydrogen (secondary N) is 1. The third-order valence-corrected chi connectivity index (χ3v) is 4.02. The van der Waals surface area contributed by atoms with Gasteiger partial charge in [-0.05, 0) is 24.6 Å². The van der Waals surface area contributed by atoms with Gasteiger partial charge in [-0.2, -0.15) is 8.42 Å². The molecule has 4 nitrogen and oxygen atoms in total. The molecule has 0 amide bonds. The van der Waals surface area contributed by atoms with Crippen molar-refractivity contribution in [3.8, 4) is 0 Å². The zero-order valence-electron chi connectivity index (χ0n) is 8.54. The molecule has 1 aliphatic heterocycles. The summed E-state index contributed by atoms with van der Waals surface area (Å²) in [6.45, 7) is 1.83. The van der Waals surface area contributed by atoms with Crippen LogP contribution in [0.2, 0.25) is 0 Å². The Kier molecular flexibility index (Phi) is 3.06. The van der Waals surface area contributed by atoms with E-state index in [-0.39, 0.29) is 10.7 Å². The molecular formula is C9H7Cl3N2O2S. The highest BCUT2D eigenvalue weighted by Gasteiger charge is 2.35. The molecule has 8 heteroatoms. The molecule has 0 saturated carbocycles. The highest BCUT2D eigenvalue weighted by atomic mass is 35.6.